The van der Waals surface area contributed by atoms with Crippen LogP contribution in [0.25, 0.3) is 0 Å². The van der Waals surface area contributed by atoms with Crippen LogP contribution in [0.2, 0.25) is 0 Å². The van der Waals surface area contributed by atoms with E-state index in [-0.39, 0.29) is 57.2 Å². The first kappa shape index (κ1) is 36.8. The number of fused-ring (bicyclic) bond motifs is 7. The Morgan fingerprint density at radius 1 is 0.896 bits per heavy atom. The van der Waals surface area contributed by atoms with Gasteiger partial charge in [0.05, 0.1) is 11.1 Å². The molecule has 4 fully saturated rings. The van der Waals surface area contributed by atoms with Crippen molar-refractivity contribution in [1.82, 2.24) is 10.9 Å². The number of hydrazine groups is 1. The van der Waals surface area contributed by atoms with Gasteiger partial charge in [0.25, 0.3) is 0 Å². The van der Waals surface area contributed by atoms with Gasteiger partial charge in [-0.2, -0.15) is 0 Å². The van der Waals surface area contributed by atoms with Gasteiger partial charge in [0.15, 0.2) is 11.6 Å². The number of Topliss-reactive ketones (excluding diaryl/α,β-unsaturated/α-hetero) is 3. The first-order chi connectivity index (χ1) is 22.0. The van der Waals surface area contributed by atoms with Gasteiger partial charge in [0.1, 0.15) is 11.4 Å². The molecule has 0 spiro atoms. The maximum Gasteiger partial charge on any atom is 0.426 e. The molecule has 4 saturated carbocycles. The summed E-state index contributed by atoms with van der Waals surface area (Å²) in [6.45, 7) is 27.9. The number of nitrogens with one attached hydrogen (secondary N) is 2. The minimum Gasteiger partial charge on any atom is -0.443 e. The van der Waals surface area contributed by atoms with Gasteiger partial charge in [0.2, 0.25) is 0 Å². The highest BCUT2D eigenvalue weighted by Gasteiger charge is 2.70. The van der Waals surface area contributed by atoms with E-state index in [2.05, 4.69) is 65.9 Å². The van der Waals surface area contributed by atoms with Crippen molar-refractivity contribution < 1.29 is 23.9 Å². The lowest BCUT2D eigenvalue weighted by Gasteiger charge is -2.72. The average Bonchev–Trinajstić information content (AvgIpc) is 3.27. The molecule has 1 amide bonds. The van der Waals surface area contributed by atoms with E-state index in [0.29, 0.717) is 36.4 Å². The molecule has 0 heterocycles. The second-order valence-electron chi connectivity index (χ2n) is 19.1. The summed E-state index contributed by atoms with van der Waals surface area (Å²) >= 11 is 0. The Morgan fingerprint density at radius 2 is 1.56 bits per heavy atom. The van der Waals surface area contributed by atoms with Crippen LogP contribution in [-0.2, 0) is 19.1 Å². The van der Waals surface area contributed by atoms with Gasteiger partial charge < -0.3 is 9.53 Å². The van der Waals surface area contributed by atoms with Crippen molar-refractivity contribution in [1.29, 1.82) is 0 Å². The van der Waals surface area contributed by atoms with Crippen LogP contribution in [0.3, 0.4) is 0 Å². The van der Waals surface area contributed by atoms with E-state index < -0.39 is 17.1 Å². The maximum atomic E-state index is 14.5. The van der Waals surface area contributed by atoms with Crippen molar-refractivity contribution in [3.63, 3.8) is 0 Å². The fraction of sp³-hybridized carbons (Fsp3) is 0.805. The number of allylic oxidation sites excluding steroid dienone is 3. The second-order valence-corrected chi connectivity index (χ2v) is 19.1. The first-order valence-corrected chi connectivity index (χ1v) is 18.8. The maximum absolute atomic E-state index is 14.5. The molecule has 0 radical (unpaired) electrons. The number of carbonyl (C=O) groups excluding carboxylic acids is 4. The second kappa shape index (κ2) is 12.1. The fourth-order valence-corrected chi connectivity index (χ4v) is 12.6. The Bertz CT molecular complexity index is 1420. The zero-order valence-corrected chi connectivity index (χ0v) is 31.9. The number of carbonyl (C=O) groups is 4. The zero-order chi connectivity index (χ0) is 35.8. The van der Waals surface area contributed by atoms with Crippen molar-refractivity contribution >= 4 is 23.4 Å². The Hall–Kier alpha value is -2.44. The van der Waals surface area contributed by atoms with E-state index in [0.717, 1.165) is 43.3 Å². The van der Waals surface area contributed by atoms with E-state index in [9.17, 15) is 19.2 Å². The zero-order valence-electron chi connectivity index (χ0n) is 31.9. The number of hydrogen-bond acceptors (Lipinski definition) is 6. The highest BCUT2D eigenvalue weighted by molar-refractivity contribution is 6.11. The summed E-state index contributed by atoms with van der Waals surface area (Å²) in [6, 6.07) is 0. The van der Waals surface area contributed by atoms with E-state index in [1.54, 1.807) is 27.7 Å². The predicted octanol–water partition coefficient (Wildman–Crippen LogP) is 9.06. The summed E-state index contributed by atoms with van der Waals surface area (Å²) in [5.74, 6) is 2.13. The van der Waals surface area contributed by atoms with Gasteiger partial charge in [-0.3, -0.25) is 15.0 Å². The van der Waals surface area contributed by atoms with Gasteiger partial charge >= 0.3 is 6.09 Å². The van der Waals surface area contributed by atoms with Gasteiger partial charge in [-0.25, -0.2) is 10.2 Å². The van der Waals surface area contributed by atoms with Crippen LogP contribution in [-0.4, -0.2) is 29.0 Å². The highest BCUT2D eigenvalue weighted by atomic mass is 16.6. The minimum absolute atomic E-state index is 0.0236. The lowest BCUT2D eigenvalue weighted by molar-refractivity contribution is -0.221. The molecule has 8 atom stereocenters. The summed E-state index contributed by atoms with van der Waals surface area (Å²) in [4.78, 5) is 52.8. The van der Waals surface area contributed by atoms with Gasteiger partial charge in [-0.1, -0.05) is 55.0 Å². The van der Waals surface area contributed by atoms with Crippen molar-refractivity contribution in [2.45, 2.75) is 152 Å². The van der Waals surface area contributed by atoms with Gasteiger partial charge in [-0.15, -0.1) is 0 Å². The molecule has 48 heavy (non-hydrogen) atoms. The third-order valence-corrected chi connectivity index (χ3v) is 14.9. The molecule has 268 valence electrons. The third-order valence-electron chi connectivity index (χ3n) is 14.9. The van der Waals surface area contributed by atoms with E-state index in [1.165, 1.54) is 19.3 Å². The molecular formula is C41H64N2O5. The molecule has 5 aliphatic carbocycles. The van der Waals surface area contributed by atoms with Crippen molar-refractivity contribution in [3.05, 3.63) is 23.4 Å². The van der Waals surface area contributed by atoms with Crippen LogP contribution in [0.5, 0.6) is 0 Å². The largest absolute Gasteiger partial charge is 0.443 e. The summed E-state index contributed by atoms with van der Waals surface area (Å²) in [5.41, 5.74) is 6.09. The lowest BCUT2D eigenvalue weighted by atomic mass is 9.32. The number of amides is 1. The summed E-state index contributed by atoms with van der Waals surface area (Å²) in [7, 11) is 0. The monoisotopic (exact) mass is 664 g/mol. The van der Waals surface area contributed by atoms with Gasteiger partial charge in [-0.05, 0) is 148 Å². The summed E-state index contributed by atoms with van der Waals surface area (Å²) < 4.78 is 5.35. The van der Waals surface area contributed by atoms with Crippen molar-refractivity contribution in [2.75, 3.05) is 0 Å². The van der Waals surface area contributed by atoms with Crippen LogP contribution in [0, 0.1) is 56.7 Å². The lowest BCUT2D eigenvalue weighted by Crippen LogP contribution is -2.65. The van der Waals surface area contributed by atoms with E-state index in [1.807, 2.05) is 0 Å². The highest BCUT2D eigenvalue weighted by Crippen LogP contribution is 2.77. The van der Waals surface area contributed by atoms with Crippen LogP contribution in [0.4, 0.5) is 4.79 Å². The molecule has 0 aromatic carbocycles. The Labute approximate surface area is 290 Å². The molecule has 0 bridgehead atoms. The van der Waals surface area contributed by atoms with Crippen LogP contribution >= 0.6 is 0 Å². The minimum atomic E-state index is -0.929. The molecule has 2 N–H and O–H groups in total. The molecule has 7 heteroatoms. The smallest absolute Gasteiger partial charge is 0.426 e. The van der Waals surface area contributed by atoms with Crippen LogP contribution < -0.4 is 10.9 Å². The van der Waals surface area contributed by atoms with Crippen LogP contribution in [0.1, 0.15) is 147 Å². The molecule has 0 unspecified atom stereocenters. The van der Waals surface area contributed by atoms with Crippen molar-refractivity contribution in [3.8, 4) is 0 Å². The Morgan fingerprint density at radius 3 is 2.17 bits per heavy atom. The Kier molecular flexibility index (Phi) is 9.29. The topological polar surface area (TPSA) is 102 Å². The predicted molar refractivity (Wildman–Crippen MR) is 189 cm³/mol. The third kappa shape index (κ3) is 5.61. The van der Waals surface area contributed by atoms with E-state index >= 15 is 0 Å². The average molecular weight is 665 g/mol. The molecule has 5 rings (SSSR count). The number of ketones is 3. The standard InChI is InChI=1S/C41H64N2O5/c1-24(2)32-29(45)23-41(34(46)26(4)42-43-35(47)48-36(5,6)7)22-21-39(11)28(33(32)41)15-16-31-38(10)19-17-27(14-13-25(3)44)37(8,9)30(38)18-20-40(31,39)12/h24,27-28,30-31,42H,4,13-23H2,1-3,5-12H3,(H,43,47)/t27-,28+,30-,31+,38-,39+,40+,41+/m0/s1. The molecule has 0 aromatic rings. The fourth-order valence-electron chi connectivity index (χ4n) is 12.6. The van der Waals surface area contributed by atoms with E-state index in [4.69, 9.17) is 4.74 Å². The normalized spacial score (nSPS) is 38.7. The summed E-state index contributed by atoms with van der Waals surface area (Å²) in [6.07, 6.45) is 9.50. The number of hydrogen-bond donors (Lipinski definition) is 2. The quantitative estimate of drug-likeness (QED) is 0.198. The summed E-state index contributed by atoms with van der Waals surface area (Å²) in [5, 5.41) is 0. The van der Waals surface area contributed by atoms with Gasteiger partial charge in [0, 0.05) is 12.8 Å². The molecule has 0 aliphatic heterocycles. The molecular weight excluding hydrogens is 600 g/mol. The number of rotatable bonds is 8. The SMILES string of the molecule is C=C(NNC(=O)OC(C)(C)C)C(=O)[C@@]12CC[C@]3(C)[C@H](CC[C@@H]4[C@@]5(C)CC[C@H](CCC(C)=O)C(C)(C)[C@@H]5CC[C@]43C)C1=C(C(C)C)C(=O)C2. The molecule has 5 aliphatic rings. The molecule has 7 nitrogen and oxygen atoms in total. The number of ether oxygens (including phenoxy) is 1. The van der Waals surface area contributed by atoms with Crippen molar-refractivity contribution in [2.24, 2.45) is 56.7 Å². The molecule has 0 aromatic heterocycles. The Balaban J connectivity index is 1.47. The molecule has 0 saturated heterocycles. The first-order valence-electron chi connectivity index (χ1n) is 18.8. The van der Waals surface area contributed by atoms with Crippen LogP contribution in [0.15, 0.2) is 23.4 Å².